The largest absolute Gasteiger partial charge is 0.461 e. The molecule has 0 heterocycles. The maximum Gasteiger partial charge on any atom is 0.302 e. The summed E-state index contributed by atoms with van der Waals surface area (Å²) in [5.41, 5.74) is 1.09. The van der Waals surface area contributed by atoms with E-state index >= 15 is 0 Å². The van der Waals surface area contributed by atoms with E-state index in [9.17, 15) is 4.79 Å². The average Bonchev–Trinajstić information content (AvgIpc) is 2.23. The van der Waals surface area contributed by atoms with Crippen LogP contribution >= 0.6 is 0 Å². The van der Waals surface area contributed by atoms with Crippen LogP contribution in [-0.2, 0) is 9.53 Å². The van der Waals surface area contributed by atoms with Crippen LogP contribution in [0.3, 0.4) is 0 Å². The summed E-state index contributed by atoms with van der Waals surface area (Å²) in [6.45, 7) is 12.7. The molecule has 0 bridgehead atoms. The Kier molecular flexibility index (Phi) is 6.57. The van der Waals surface area contributed by atoms with Crippen LogP contribution < -0.4 is 0 Å². The third-order valence-electron chi connectivity index (χ3n) is 3.35. The molecule has 2 nitrogen and oxygen atoms in total. The molecule has 0 amide bonds. The molecule has 0 atom stereocenters. The standard InChI is InChI=1S/C12H24O2Si/c1-6-15(7-2,8-3)10-11(4)9-14-12(5)13/h4,6-10H2,1-3,5H3. The van der Waals surface area contributed by atoms with Gasteiger partial charge in [0.15, 0.2) is 0 Å². The van der Waals surface area contributed by atoms with E-state index in [0.717, 1.165) is 11.6 Å². The van der Waals surface area contributed by atoms with Crippen LogP contribution in [0.5, 0.6) is 0 Å². The summed E-state index contributed by atoms with van der Waals surface area (Å²) in [6.07, 6.45) is 0. The Morgan fingerprint density at radius 1 is 1.20 bits per heavy atom. The number of hydrogen-bond donors (Lipinski definition) is 0. The smallest absolute Gasteiger partial charge is 0.302 e. The minimum atomic E-state index is -1.14. The molecule has 0 saturated heterocycles. The third kappa shape index (κ3) is 5.16. The molecule has 0 unspecified atom stereocenters. The summed E-state index contributed by atoms with van der Waals surface area (Å²) in [5.74, 6) is -0.215. The van der Waals surface area contributed by atoms with Crippen molar-refractivity contribution in [2.24, 2.45) is 0 Å². The van der Waals surface area contributed by atoms with E-state index in [1.54, 1.807) is 0 Å². The highest BCUT2D eigenvalue weighted by molar-refractivity contribution is 6.80. The van der Waals surface area contributed by atoms with Crippen molar-refractivity contribution >= 4 is 14.0 Å². The van der Waals surface area contributed by atoms with Gasteiger partial charge >= 0.3 is 5.97 Å². The maximum absolute atomic E-state index is 10.7. The van der Waals surface area contributed by atoms with Gasteiger partial charge in [-0.15, -0.1) is 0 Å². The SMILES string of the molecule is C=C(COC(C)=O)C[Si](CC)(CC)CC. The van der Waals surface area contributed by atoms with Crippen molar-refractivity contribution in [3.63, 3.8) is 0 Å². The Bertz CT molecular complexity index is 211. The summed E-state index contributed by atoms with van der Waals surface area (Å²) >= 11 is 0. The molecule has 0 aromatic heterocycles. The van der Waals surface area contributed by atoms with Crippen molar-refractivity contribution in [3.8, 4) is 0 Å². The number of rotatable bonds is 7. The topological polar surface area (TPSA) is 26.3 Å². The van der Waals surface area contributed by atoms with Gasteiger partial charge in [-0.05, 0) is 11.6 Å². The summed E-state index contributed by atoms with van der Waals surface area (Å²) < 4.78 is 4.97. The van der Waals surface area contributed by atoms with Gasteiger partial charge in [0, 0.05) is 6.92 Å². The second kappa shape index (κ2) is 6.83. The van der Waals surface area contributed by atoms with Crippen molar-refractivity contribution < 1.29 is 9.53 Å². The van der Waals surface area contributed by atoms with Crippen LogP contribution in [0.25, 0.3) is 0 Å². The molecule has 3 heteroatoms. The molecule has 0 aliphatic rings. The fraction of sp³-hybridized carbons (Fsp3) is 0.750. The lowest BCUT2D eigenvalue weighted by Crippen LogP contribution is -2.32. The number of esters is 1. The Labute approximate surface area is 94.7 Å². The van der Waals surface area contributed by atoms with E-state index in [0.29, 0.717) is 6.61 Å². The second-order valence-corrected chi connectivity index (χ2v) is 9.74. The number of hydrogen-bond acceptors (Lipinski definition) is 2. The first-order valence-corrected chi connectivity index (χ1v) is 8.62. The van der Waals surface area contributed by atoms with Gasteiger partial charge in [0.2, 0.25) is 0 Å². The summed E-state index contributed by atoms with van der Waals surface area (Å²) in [5, 5.41) is 0. The quantitative estimate of drug-likeness (QED) is 0.378. The molecular formula is C12H24O2Si. The number of carbonyl (C=O) groups is 1. The Balaban J connectivity index is 4.17. The normalized spacial score (nSPS) is 11.2. The molecule has 0 saturated carbocycles. The van der Waals surface area contributed by atoms with Crippen molar-refractivity contribution in [2.75, 3.05) is 6.61 Å². The predicted octanol–water partition coefficient (Wildman–Crippen LogP) is 3.61. The molecule has 0 radical (unpaired) electrons. The number of ether oxygens (including phenoxy) is 1. The van der Waals surface area contributed by atoms with E-state index in [2.05, 4.69) is 27.4 Å². The Hall–Kier alpha value is -0.573. The lowest BCUT2D eigenvalue weighted by molar-refractivity contribution is -0.139. The lowest BCUT2D eigenvalue weighted by atomic mass is 10.4. The molecule has 0 aromatic carbocycles. The predicted molar refractivity (Wildman–Crippen MR) is 67.8 cm³/mol. The Morgan fingerprint density at radius 2 is 1.67 bits per heavy atom. The molecule has 0 rings (SSSR count). The first-order valence-electron chi connectivity index (χ1n) is 5.79. The zero-order valence-electron chi connectivity index (χ0n) is 10.6. The van der Waals surface area contributed by atoms with Crippen LogP contribution in [0.1, 0.15) is 27.7 Å². The van der Waals surface area contributed by atoms with Gasteiger partial charge in [-0.3, -0.25) is 4.79 Å². The van der Waals surface area contributed by atoms with E-state index in [-0.39, 0.29) is 5.97 Å². The molecule has 0 N–H and O–H groups in total. The van der Waals surface area contributed by atoms with Gasteiger partial charge in [-0.1, -0.05) is 45.5 Å². The minimum absolute atomic E-state index is 0.215. The lowest BCUT2D eigenvalue weighted by Gasteiger charge is -2.28. The summed E-state index contributed by atoms with van der Waals surface area (Å²) in [7, 11) is -1.14. The molecule has 15 heavy (non-hydrogen) atoms. The third-order valence-corrected chi connectivity index (χ3v) is 9.10. The van der Waals surface area contributed by atoms with Crippen molar-refractivity contribution in [1.82, 2.24) is 0 Å². The molecule has 0 spiro atoms. The summed E-state index contributed by atoms with van der Waals surface area (Å²) in [6, 6.07) is 4.97. The monoisotopic (exact) mass is 228 g/mol. The zero-order chi connectivity index (χ0) is 11.9. The molecule has 0 aliphatic heterocycles. The van der Waals surface area contributed by atoms with Gasteiger partial charge in [-0.2, -0.15) is 0 Å². The Morgan fingerprint density at radius 3 is 2.00 bits per heavy atom. The zero-order valence-corrected chi connectivity index (χ0v) is 11.6. The van der Waals surface area contributed by atoms with Crippen molar-refractivity contribution in [1.29, 1.82) is 0 Å². The fourth-order valence-corrected chi connectivity index (χ4v) is 5.32. The van der Waals surface area contributed by atoms with Gasteiger partial charge in [-0.25, -0.2) is 0 Å². The first kappa shape index (κ1) is 14.4. The van der Waals surface area contributed by atoms with Crippen LogP contribution in [0, 0.1) is 0 Å². The van der Waals surface area contributed by atoms with Gasteiger partial charge in [0.05, 0.1) is 8.07 Å². The van der Waals surface area contributed by atoms with Crippen LogP contribution in [-0.4, -0.2) is 20.7 Å². The van der Waals surface area contributed by atoms with Crippen LogP contribution in [0.4, 0.5) is 0 Å². The molecule has 0 fully saturated rings. The van der Waals surface area contributed by atoms with Gasteiger partial charge < -0.3 is 4.74 Å². The molecule has 0 aliphatic carbocycles. The van der Waals surface area contributed by atoms with E-state index in [4.69, 9.17) is 4.74 Å². The van der Waals surface area contributed by atoms with E-state index in [1.807, 2.05) is 0 Å². The summed E-state index contributed by atoms with van der Waals surface area (Å²) in [4.78, 5) is 10.7. The minimum Gasteiger partial charge on any atom is -0.461 e. The molecule has 0 aromatic rings. The van der Waals surface area contributed by atoms with Crippen molar-refractivity contribution in [2.45, 2.75) is 51.9 Å². The maximum atomic E-state index is 10.7. The van der Waals surface area contributed by atoms with Gasteiger partial charge in [0.1, 0.15) is 6.61 Å². The fourth-order valence-electron chi connectivity index (χ4n) is 1.91. The molecule has 88 valence electrons. The highest BCUT2D eigenvalue weighted by Gasteiger charge is 2.27. The van der Waals surface area contributed by atoms with Crippen LogP contribution in [0.2, 0.25) is 24.2 Å². The van der Waals surface area contributed by atoms with Crippen LogP contribution in [0.15, 0.2) is 12.2 Å². The average molecular weight is 228 g/mol. The van der Waals surface area contributed by atoms with E-state index in [1.165, 1.54) is 25.1 Å². The second-order valence-electron chi connectivity index (χ2n) is 4.27. The highest BCUT2D eigenvalue weighted by atomic mass is 28.3. The van der Waals surface area contributed by atoms with E-state index < -0.39 is 8.07 Å². The van der Waals surface area contributed by atoms with Crippen molar-refractivity contribution in [3.05, 3.63) is 12.2 Å². The highest BCUT2D eigenvalue weighted by Crippen LogP contribution is 2.28. The molecular weight excluding hydrogens is 204 g/mol. The first-order chi connectivity index (χ1) is 6.99. The van der Waals surface area contributed by atoms with Gasteiger partial charge in [0.25, 0.3) is 0 Å². The number of carbonyl (C=O) groups excluding carboxylic acids is 1.